The first-order chi connectivity index (χ1) is 12.5. The topological polar surface area (TPSA) is 85.1 Å². The van der Waals surface area contributed by atoms with Crippen molar-refractivity contribution in [2.45, 2.75) is 4.34 Å². The average molecular weight is 389 g/mol. The number of thiazole rings is 1. The molecule has 132 valence electrons. The normalized spacial score (nSPS) is 10.5. The number of benzene rings is 2. The van der Waals surface area contributed by atoms with Crippen LogP contribution in [0.15, 0.2) is 58.3 Å². The molecular weight excluding hydrogens is 377 g/mol. The van der Waals surface area contributed by atoms with Crippen LogP contribution in [0.3, 0.4) is 0 Å². The van der Waals surface area contributed by atoms with Gasteiger partial charge in [-0.1, -0.05) is 42.1 Å². The molecule has 9 heteroatoms. The summed E-state index contributed by atoms with van der Waals surface area (Å²) in [6.45, 7) is 0. The number of amides is 1. The van der Waals surface area contributed by atoms with Crippen molar-refractivity contribution in [2.24, 2.45) is 0 Å². The Bertz CT molecular complexity index is 947. The molecule has 1 aromatic heterocycles. The molecule has 0 saturated heterocycles. The molecule has 1 amide bonds. The molecule has 0 radical (unpaired) electrons. The predicted molar refractivity (Wildman–Crippen MR) is 100.0 cm³/mol. The van der Waals surface area contributed by atoms with Crippen LogP contribution in [0.2, 0.25) is 0 Å². The highest BCUT2D eigenvalue weighted by molar-refractivity contribution is 8.01. The number of nitro groups is 1. The fraction of sp³-hybridized carbons (Fsp3) is 0.0588. The van der Waals surface area contributed by atoms with Crippen molar-refractivity contribution in [1.82, 2.24) is 4.98 Å². The molecule has 1 N–H and O–H groups in total. The largest absolute Gasteiger partial charge is 0.325 e. The van der Waals surface area contributed by atoms with E-state index < -0.39 is 16.4 Å². The molecule has 0 atom stereocenters. The molecule has 0 aliphatic carbocycles. The van der Waals surface area contributed by atoms with Crippen LogP contribution in [0.5, 0.6) is 0 Å². The Labute approximate surface area is 156 Å². The minimum Gasteiger partial charge on any atom is -0.325 e. The van der Waals surface area contributed by atoms with Gasteiger partial charge in [0.15, 0.2) is 4.34 Å². The lowest BCUT2D eigenvalue weighted by atomic mass is 10.2. The first kappa shape index (κ1) is 18.0. The Hall–Kier alpha value is -2.78. The fourth-order valence-electron chi connectivity index (χ4n) is 2.12. The minimum absolute atomic E-state index is 0.0902. The lowest BCUT2D eigenvalue weighted by molar-refractivity contribution is -0.387. The van der Waals surface area contributed by atoms with Crippen LogP contribution >= 0.6 is 23.1 Å². The van der Waals surface area contributed by atoms with Crippen molar-refractivity contribution in [3.63, 3.8) is 0 Å². The van der Waals surface area contributed by atoms with Crippen LogP contribution in [-0.4, -0.2) is 21.6 Å². The van der Waals surface area contributed by atoms with Crippen LogP contribution in [0.1, 0.15) is 0 Å². The van der Waals surface area contributed by atoms with Crippen molar-refractivity contribution in [2.75, 3.05) is 11.1 Å². The quantitative estimate of drug-likeness (QED) is 0.379. The van der Waals surface area contributed by atoms with Gasteiger partial charge in [0.25, 0.3) is 0 Å². The summed E-state index contributed by atoms with van der Waals surface area (Å²) < 4.78 is 14.0. The van der Waals surface area contributed by atoms with Gasteiger partial charge in [-0.25, -0.2) is 4.98 Å². The van der Waals surface area contributed by atoms with Crippen molar-refractivity contribution >= 4 is 40.4 Å². The molecule has 3 aromatic rings. The van der Waals surface area contributed by atoms with E-state index in [1.807, 2.05) is 35.7 Å². The first-order valence-electron chi connectivity index (χ1n) is 7.40. The van der Waals surface area contributed by atoms with Crippen LogP contribution in [-0.2, 0) is 4.79 Å². The van der Waals surface area contributed by atoms with Gasteiger partial charge in [-0.05, 0) is 12.1 Å². The third-order valence-corrected chi connectivity index (χ3v) is 5.33. The van der Waals surface area contributed by atoms with Gasteiger partial charge >= 0.3 is 5.69 Å². The summed E-state index contributed by atoms with van der Waals surface area (Å²) >= 11 is 2.70. The van der Waals surface area contributed by atoms with Crippen molar-refractivity contribution < 1.29 is 14.1 Å². The smallest absolute Gasteiger partial charge is 0.306 e. The average Bonchev–Trinajstić information content (AvgIpc) is 3.11. The van der Waals surface area contributed by atoms with E-state index in [0.717, 1.165) is 27.7 Å². The van der Waals surface area contributed by atoms with E-state index in [1.54, 1.807) is 0 Å². The Kier molecular flexibility index (Phi) is 5.59. The summed E-state index contributed by atoms with van der Waals surface area (Å²) in [4.78, 5) is 26.4. The van der Waals surface area contributed by atoms with Crippen molar-refractivity contribution in [3.8, 4) is 11.3 Å². The Balaban J connectivity index is 1.59. The van der Waals surface area contributed by atoms with Crippen LogP contribution in [0, 0.1) is 15.9 Å². The summed E-state index contributed by atoms with van der Waals surface area (Å²) in [5.74, 6) is -1.21. The Morgan fingerprint density at radius 2 is 2.04 bits per heavy atom. The zero-order chi connectivity index (χ0) is 18.5. The second kappa shape index (κ2) is 8.07. The maximum absolute atomic E-state index is 13.3. The Morgan fingerprint density at radius 1 is 1.27 bits per heavy atom. The molecule has 1 heterocycles. The molecule has 0 fully saturated rings. The summed E-state index contributed by atoms with van der Waals surface area (Å²) in [6.07, 6.45) is 0. The number of nitro benzene ring substituents is 1. The number of carbonyl (C=O) groups excluding carboxylic acids is 1. The number of nitrogens with one attached hydrogen (secondary N) is 1. The van der Waals surface area contributed by atoms with Crippen LogP contribution < -0.4 is 5.32 Å². The number of anilines is 1. The van der Waals surface area contributed by atoms with Crippen LogP contribution in [0.25, 0.3) is 11.3 Å². The lowest BCUT2D eigenvalue weighted by Gasteiger charge is -2.04. The van der Waals surface area contributed by atoms with Gasteiger partial charge in [0.05, 0.1) is 16.4 Å². The third kappa shape index (κ3) is 4.44. The summed E-state index contributed by atoms with van der Waals surface area (Å²) in [5, 5.41) is 15.2. The van der Waals surface area contributed by atoms with E-state index in [0.29, 0.717) is 0 Å². The van der Waals surface area contributed by atoms with E-state index in [1.165, 1.54) is 29.2 Å². The maximum Gasteiger partial charge on any atom is 0.306 e. The molecule has 6 nitrogen and oxygen atoms in total. The molecule has 0 spiro atoms. The number of carbonyl (C=O) groups is 1. The number of thioether (sulfide) groups is 1. The fourth-order valence-corrected chi connectivity index (χ4v) is 3.75. The monoisotopic (exact) mass is 389 g/mol. The second-order valence-corrected chi connectivity index (χ2v) is 7.21. The zero-order valence-corrected chi connectivity index (χ0v) is 14.8. The number of aromatic nitrogens is 1. The molecule has 0 unspecified atom stereocenters. The van der Waals surface area contributed by atoms with E-state index >= 15 is 0 Å². The second-order valence-electron chi connectivity index (χ2n) is 5.12. The number of halogens is 1. The third-order valence-electron chi connectivity index (χ3n) is 3.31. The van der Waals surface area contributed by atoms with E-state index in [2.05, 4.69) is 10.3 Å². The van der Waals surface area contributed by atoms with E-state index in [-0.39, 0.29) is 17.3 Å². The van der Waals surface area contributed by atoms with Gasteiger partial charge in [-0.2, -0.15) is 4.39 Å². The zero-order valence-electron chi connectivity index (χ0n) is 13.2. The molecule has 0 bridgehead atoms. The van der Waals surface area contributed by atoms with Crippen molar-refractivity contribution in [3.05, 3.63) is 69.8 Å². The SMILES string of the molecule is O=C(CSc1nc(-c2ccccc2)cs1)Nc1ccc(F)c([N+](=O)[O-])c1. The van der Waals surface area contributed by atoms with Gasteiger partial charge in [-0.3, -0.25) is 14.9 Å². The minimum atomic E-state index is -0.946. The van der Waals surface area contributed by atoms with E-state index in [4.69, 9.17) is 0 Å². The van der Waals surface area contributed by atoms with Gasteiger partial charge in [0.1, 0.15) is 0 Å². The summed E-state index contributed by atoms with van der Waals surface area (Å²) in [6, 6.07) is 12.9. The molecule has 0 aliphatic heterocycles. The standard InChI is InChI=1S/C17H12FN3O3S2/c18-13-7-6-12(8-15(13)21(23)24)19-16(22)10-26-17-20-14(9-25-17)11-4-2-1-3-5-11/h1-9H,10H2,(H,19,22). The molecule has 0 aliphatic rings. The summed E-state index contributed by atoms with van der Waals surface area (Å²) in [5.41, 5.74) is 1.34. The molecular formula is C17H12FN3O3S2. The Morgan fingerprint density at radius 3 is 2.77 bits per heavy atom. The van der Waals surface area contributed by atoms with Gasteiger partial charge in [0, 0.05) is 22.7 Å². The van der Waals surface area contributed by atoms with Gasteiger partial charge in [-0.15, -0.1) is 11.3 Å². The van der Waals surface area contributed by atoms with Crippen molar-refractivity contribution in [1.29, 1.82) is 0 Å². The number of hydrogen-bond acceptors (Lipinski definition) is 6. The molecule has 3 rings (SSSR count). The van der Waals surface area contributed by atoms with Crippen LogP contribution in [0.4, 0.5) is 15.8 Å². The molecule has 26 heavy (non-hydrogen) atoms. The predicted octanol–water partition coefficient (Wildman–Crippen LogP) is 4.59. The summed E-state index contributed by atoms with van der Waals surface area (Å²) in [7, 11) is 0. The lowest BCUT2D eigenvalue weighted by Crippen LogP contribution is -2.14. The van der Waals surface area contributed by atoms with Gasteiger partial charge in [0.2, 0.25) is 11.7 Å². The highest BCUT2D eigenvalue weighted by atomic mass is 32.2. The molecule has 2 aromatic carbocycles. The number of rotatable bonds is 6. The number of hydrogen-bond donors (Lipinski definition) is 1. The highest BCUT2D eigenvalue weighted by Crippen LogP contribution is 2.28. The van der Waals surface area contributed by atoms with E-state index in [9.17, 15) is 19.3 Å². The highest BCUT2D eigenvalue weighted by Gasteiger charge is 2.15. The maximum atomic E-state index is 13.3. The molecule has 0 saturated carbocycles. The first-order valence-corrected chi connectivity index (χ1v) is 9.27. The number of nitrogens with zero attached hydrogens (tertiary/aromatic N) is 2. The van der Waals surface area contributed by atoms with Gasteiger partial charge < -0.3 is 5.32 Å².